The van der Waals surface area contributed by atoms with Crippen LogP contribution in [0.15, 0.2) is 24.3 Å². The molecule has 6 heteroatoms. The number of hydrogen-bond acceptors (Lipinski definition) is 3. The third kappa shape index (κ3) is 4.42. The number of nitrogens with one attached hydrogen (secondary N) is 2. The minimum atomic E-state index is -0.860. The molecule has 3 rings (SSSR count). The maximum atomic E-state index is 12.5. The van der Waals surface area contributed by atoms with Crippen LogP contribution in [0.5, 0.6) is 0 Å². The van der Waals surface area contributed by atoms with E-state index >= 15 is 0 Å². The summed E-state index contributed by atoms with van der Waals surface area (Å²) < 4.78 is 0. The van der Waals surface area contributed by atoms with Crippen molar-refractivity contribution in [2.45, 2.75) is 57.4 Å². The summed E-state index contributed by atoms with van der Waals surface area (Å²) in [5.74, 6) is -1.61. The lowest BCUT2D eigenvalue weighted by Gasteiger charge is -2.21. The van der Waals surface area contributed by atoms with Crippen LogP contribution in [0.1, 0.15) is 61.7 Å². The van der Waals surface area contributed by atoms with Crippen LogP contribution in [-0.4, -0.2) is 28.9 Å². The molecule has 2 aliphatic rings. The molecule has 140 valence electrons. The molecule has 0 unspecified atom stereocenters. The SMILES string of the molecule is O=C(N[C@H]1CCC[C@H]1C(=O)O)c1cccc(NC(=O)C2CCCCC2)c1. The van der Waals surface area contributed by atoms with Gasteiger partial charge >= 0.3 is 5.97 Å². The number of benzene rings is 1. The van der Waals surface area contributed by atoms with Gasteiger partial charge in [0.15, 0.2) is 0 Å². The molecule has 1 aromatic carbocycles. The maximum Gasteiger partial charge on any atom is 0.308 e. The number of hydrogen-bond donors (Lipinski definition) is 3. The summed E-state index contributed by atoms with van der Waals surface area (Å²) >= 11 is 0. The van der Waals surface area contributed by atoms with Crippen molar-refractivity contribution in [2.24, 2.45) is 11.8 Å². The van der Waals surface area contributed by atoms with Crippen molar-refractivity contribution in [3.63, 3.8) is 0 Å². The first kappa shape index (κ1) is 18.4. The lowest BCUT2D eigenvalue weighted by atomic mass is 9.88. The van der Waals surface area contributed by atoms with E-state index in [1.165, 1.54) is 6.42 Å². The van der Waals surface area contributed by atoms with Crippen LogP contribution >= 0.6 is 0 Å². The summed E-state index contributed by atoms with van der Waals surface area (Å²) in [6.45, 7) is 0. The van der Waals surface area contributed by atoms with Crippen LogP contribution < -0.4 is 10.6 Å². The second kappa shape index (κ2) is 8.34. The molecule has 3 N–H and O–H groups in total. The molecule has 2 amide bonds. The minimum absolute atomic E-state index is 0.0176. The molecular formula is C20H26N2O4. The number of carboxylic acids is 1. The Hall–Kier alpha value is -2.37. The quantitative estimate of drug-likeness (QED) is 0.753. The minimum Gasteiger partial charge on any atom is -0.481 e. The Morgan fingerprint density at radius 3 is 2.46 bits per heavy atom. The van der Waals surface area contributed by atoms with E-state index in [4.69, 9.17) is 0 Å². The summed E-state index contributed by atoms with van der Waals surface area (Å²) in [4.78, 5) is 36.1. The fourth-order valence-electron chi connectivity index (χ4n) is 4.03. The molecule has 0 radical (unpaired) electrons. The van der Waals surface area contributed by atoms with Gasteiger partial charge in [0.25, 0.3) is 5.91 Å². The van der Waals surface area contributed by atoms with Gasteiger partial charge < -0.3 is 15.7 Å². The van der Waals surface area contributed by atoms with Crippen LogP contribution in [0.25, 0.3) is 0 Å². The molecule has 2 saturated carbocycles. The van der Waals surface area contributed by atoms with E-state index in [0.29, 0.717) is 24.1 Å². The van der Waals surface area contributed by atoms with E-state index in [1.807, 2.05) is 0 Å². The van der Waals surface area contributed by atoms with E-state index in [1.54, 1.807) is 24.3 Å². The topological polar surface area (TPSA) is 95.5 Å². The van der Waals surface area contributed by atoms with Gasteiger partial charge in [0, 0.05) is 23.2 Å². The number of aliphatic carboxylic acids is 1. The molecule has 0 aliphatic heterocycles. The Morgan fingerprint density at radius 1 is 0.962 bits per heavy atom. The fraction of sp³-hybridized carbons (Fsp3) is 0.550. The predicted molar refractivity (Wildman–Crippen MR) is 97.9 cm³/mol. The van der Waals surface area contributed by atoms with E-state index in [-0.39, 0.29) is 23.8 Å². The number of carbonyl (C=O) groups excluding carboxylic acids is 2. The molecule has 2 atom stereocenters. The predicted octanol–water partition coefficient (Wildman–Crippen LogP) is 3.19. The molecule has 1 aromatic rings. The zero-order valence-electron chi connectivity index (χ0n) is 14.9. The van der Waals surface area contributed by atoms with Crippen LogP contribution in [0, 0.1) is 11.8 Å². The summed E-state index contributed by atoms with van der Waals surface area (Å²) in [7, 11) is 0. The van der Waals surface area contributed by atoms with Crippen molar-refractivity contribution >= 4 is 23.5 Å². The second-order valence-corrected chi connectivity index (χ2v) is 7.36. The van der Waals surface area contributed by atoms with Crippen molar-refractivity contribution < 1.29 is 19.5 Å². The molecular weight excluding hydrogens is 332 g/mol. The molecule has 0 saturated heterocycles. The van der Waals surface area contributed by atoms with E-state index in [0.717, 1.165) is 32.1 Å². The average Bonchev–Trinajstić information content (AvgIpc) is 3.11. The molecule has 0 bridgehead atoms. The van der Waals surface area contributed by atoms with Gasteiger partial charge in [0.1, 0.15) is 0 Å². The first-order valence-corrected chi connectivity index (χ1v) is 9.49. The van der Waals surface area contributed by atoms with Gasteiger partial charge in [0.2, 0.25) is 5.91 Å². The number of rotatable bonds is 5. The number of anilines is 1. The van der Waals surface area contributed by atoms with Crippen molar-refractivity contribution in [3.8, 4) is 0 Å². The van der Waals surface area contributed by atoms with E-state index in [2.05, 4.69) is 10.6 Å². The number of carboxylic acid groups (broad SMARTS) is 1. The summed E-state index contributed by atoms with van der Waals surface area (Å²) in [6, 6.07) is 6.50. The van der Waals surface area contributed by atoms with Gasteiger partial charge in [-0.1, -0.05) is 31.7 Å². The van der Waals surface area contributed by atoms with E-state index < -0.39 is 11.9 Å². The molecule has 0 heterocycles. The maximum absolute atomic E-state index is 12.5. The van der Waals surface area contributed by atoms with Crippen molar-refractivity contribution in [2.75, 3.05) is 5.32 Å². The molecule has 2 fully saturated rings. The smallest absolute Gasteiger partial charge is 0.308 e. The lowest BCUT2D eigenvalue weighted by Crippen LogP contribution is -2.40. The Morgan fingerprint density at radius 2 is 1.73 bits per heavy atom. The highest BCUT2D eigenvalue weighted by Gasteiger charge is 2.34. The molecule has 26 heavy (non-hydrogen) atoms. The van der Waals surface area contributed by atoms with Crippen molar-refractivity contribution in [1.29, 1.82) is 0 Å². The Bertz CT molecular complexity index is 682. The monoisotopic (exact) mass is 358 g/mol. The Balaban J connectivity index is 1.62. The van der Waals surface area contributed by atoms with Crippen LogP contribution in [-0.2, 0) is 9.59 Å². The van der Waals surface area contributed by atoms with E-state index in [9.17, 15) is 19.5 Å². The normalized spacial score (nSPS) is 23.4. The van der Waals surface area contributed by atoms with Gasteiger partial charge in [-0.2, -0.15) is 0 Å². The lowest BCUT2D eigenvalue weighted by molar-refractivity contribution is -0.142. The van der Waals surface area contributed by atoms with Crippen LogP contribution in [0.3, 0.4) is 0 Å². The summed E-state index contributed by atoms with van der Waals surface area (Å²) in [5, 5.41) is 15.0. The van der Waals surface area contributed by atoms with Gasteiger partial charge in [-0.25, -0.2) is 0 Å². The van der Waals surface area contributed by atoms with Gasteiger partial charge in [-0.05, 0) is 43.9 Å². The second-order valence-electron chi connectivity index (χ2n) is 7.36. The Labute approximate surface area is 153 Å². The molecule has 6 nitrogen and oxygen atoms in total. The first-order chi connectivity index (χ1) is 12.5. The van der Waals surface area contributed by atoms with Crippen LogP contribution in [0.2, 0.25) is 0 Å². The fourth-order valence-corrected chi connectivity index (χ4v) is 4.03. The third-order valence-corrected chi connectivity index (χ3v) is 5.52. The van der Waals surface area contributed by atoms with Gasteiger partial charge in [-0.15, -0.1) is 0 Å². The zero-order chi connectivity index (χ0) is 18.5. The largest absolute Gasteiger partial charge is 0.481 e. The van der Waals surface area contributed by atoms with Gasteiger partial charge in [-0.3, -0.25) is 14.4 Å². The third-order valence-electron chi connectivity index (χ3n) is 5.52. The highest BCUT2D eigenvalue weighted by Crippen LogP contribution is 2.27. The zero-order valence-corrected chi connectivity index (χ0v) is 14.9. The highest BCUT2D eigenvalue weighted by molar-refractivity contribution is 5.98. The number of carbonyl (C=O) groups is 3. The van der Waals surface area contributed by atoms with Crippen LogP contribution in [0.4, 0.5) is 5.69 Å². The van der Waals surface area contributed by atoms with Crippen molar-refractivity contribution in [1.82, 2.24) is 5.32 Å². The summed E-state index contributed by atoms with van der Waals surface area (Å²) in [6.07, 6.45) is 7.30. The first-order valence-electron chi connectivity index (χ1n) is 9.49. The number of amides is 2. The molecule has 0 spiro atoms. The van der Waals surface area contributed by atoms with Crippen molar-refractivity contribution in [3.05, 3.63) is 29.8 Å². The molecule has 2 aliphatic carbocycles. The average molecular weight is 358 g/mol. The van der Waals surface area contributed by atoms with Gasteiger partial charge in [0.05, 0.1) is 5.92 Å². The highest BCUT2D eigenvalue weighted by atomic mass is 16.4. The Kier molecular flexibility index (Phi) is 5.91. The standard InChI is InChI=1S/C20H26N2O4/c23-18(13-6-2-1-3-7-13)21-15-9-4-8-14(12-15)19(24)22-17-11-5-10-16(17)20(25)26/h4,8-9,12-13,16-17H,1-3,5-7,10-11H2,(H,21,23)(H,22,24)(H,25,26)/t16-,17+/m1/s1. The molecule has 0 aromatic heterocycles. The summed E-state index contributed by atoms with van der Waals surface area (Å²) in [5.41, 5.74) is 1.04.